The number of ether oxygens (including phenoxy) is 1. The zero-order valence-corrected chi connectivity index (χ0v) is 13.3. The summed E-state index contributed by atoms with van der Waals surface area (Å²) in [6, 6.07) is 6.31. The highest BCUT2D eigenvalue weighted by Gasteiger charge is 2.39. The van der Waals surface area contributed by atoms with Crippen molar-refractivity contribution in [2.24, 2.45) is 5.92 Å². The van der Waals surface area contributed by atoms with E-state index < -0.39 is 10.0 Å². The first-order valence-corrected chi connectivity index (χ1v) is 8.93. The van der Waals surface area contributed by atoms with Crippen LogP contribution < -0.4 is 4.72 Å². The molecular weight excluding hydrogens is 304 g/mol. The summed E-state index contributed by atoms with van der Waals surface area (Å²) >= 11 is 0. The molecule has 1 aromatic carbocycles. The summed E-state index contributed by atoms with van der Waals surface area (Å²) in [6.45, 7) is 1.66. The highest BCUT2D eigenvalue weighted by Crippen LogP contribution is 2.37. The highest BCUT2D eigenvalue weighted by atomic mass is 32.2. The van der Waals surface area contributed by atoms with Crippen LogP contribution in [0, 0.1) is 5.92 Å². The normalized spacial score (nSPS) is 22.6. The van der Waals surface area contributed by atoms with Crippen molar-refractivity contribution in [3.8, 4) is 0 Å². The van der Waals surface area contributed by atoms with Gasteiger partial charge in [0.05, 0.1) is 24.2 Å². The lowest BCUT2D eigenvalue weighted by Gasteiger charge is -2.36. The van der Waals surface area contributed by atoms with Crippen LogP contribution in [-0.2, 0) is 14.8 Å². The molecule has 1 heterocycles. The van der Waals surface area contributed by atoms with E-state index in [0.29, 0.717) is 31.2 Å². The Balaban J connectivity index is 1.86. The molecule has 6 nitrogen and oxygen atoms in total. The monoisotopic (exact) mass is 324 g/mol. The van der Waals surface area contributed by atoms with Crippen molar-refractivity contribution in [3.63, 3.8) is 0 Å². The average molecular weight is 324 g/mol. The van der Waals surface area contributed by atoms with Crippen molar-refractivity contribution in [3.05, 3.63) is 29.8 Å². The van der Waals surface area contributed by atoms with Gasteiger partial charge in [-0.25, -0.2) is 13.1 Å². The Morgan fingerprint density at radius 1 is 1.36 bits per heavy atom. The van der Waals surface area contributed by atoms with Crippen molar-refractivity contribution in [2.45, 2.75) is 23.8 Å². The van der Waals surface area contributed by atoms with Crippen molar-refractivity contribution >= 4 is 15.9 Å². The fourth-order valence-corrected chi connectivity index (χ4v) is 3.60. The first-order valence-electron chi connectivity index (χ1n) is 7.45. The van der Waals surface area contributed by atoms with Crippen molar-refractivity contribution in [2.75, 3.05) is 26.8 Å². The molecule has 2 aliphatic rings. The Morgan fingerprint density at radius 3 is 2.82 bits per heavy atom. The lowest BCUT2D eigenvalue weighted by atomic mass is 10.1. The minimum absolute atomic E-state index is 0.108. The SMILES string of the molecule is CNS(=O)(=O)c1cccc(C(=O)N2CCOCC2C2CC2)c1. The van der Waals surface area contributed by atoms with E-state index in [1.807, 2.05) is 4.90 Å². The minimum Gasteiger partial charge on any atom is -0.377 e. The molecule has 1 saturated heterocycles. The Bertz CT molecular complexity index is 670. The van der Waals surface area contributed by atoms with E-state index in [4.69, 9.17) is 4.74 Å². The van der Waals surface area contributed by atoms with Crippen LogP contribution >= 0.6 is 0 Å². The topological polar surface area (TPSA) is 75.7 Å². The number of benzene rings is 1. The second-order valence-corrected chi connectivity index (χ2v) is 7.60. The molecule has 0 spiro atoms. The Morgan fingerprint density at radius 2 is 2.14 bits per heavy atom. The zero-order chi connectivity index (χ0) is 15.7. The molecule has 0 aromatic heterocycles. The standard InChI is InChI=1S/C15H20N2O4S/c1-16-22(19,20)13-4-2-3-12(9-13)15(18)17-7-8-21-10-14(17)11-5-6-11/h2-4,9,11,14,16H,5-8,10H2,1H3. The highest BCUT2D eigenvalue weighted by molar-refractivity contribution is 7.89. The van der Waals surface area contributed by atoms with E-state index in [-0.39, 0.29) is 16.8 Å². The smallest absolute Gasteiger partial charge is 0.254 e. The predicted molar refractivity (Wildman–Crippen MR) is 81.1 cm³/mol. The maximum Gasteiger partial charge on any atom is 0.254 e. The maximum absolute atomic E-state index is 12.8. The Labute approximate surface area is 130 Å². The molecule has 7 heteroatoms. The first kappa shape index (κ1) is 15.5. The quantitative estimate of drug-likeness (QED) is 0.891. The van der Waals surface area contributed by atoms with Gasteiger partial charge in [0.15, 0.2) is 0 Å². The molecule has 0 radical (unpaired) electrons. The van der Waals surface area contributed by atoms with Crippen molar-refractivity contribution in [1.82, 2.24) is 9.62 Å². The summed E-state index contributed by atoms with van der Waals surface area (Å²) in [5.41, 5.74) is 0.406. The number of hydrogen-bond donors (Lipinski definition) is 1. The van der Waals surface area contributed by atoms with Gasteiger partial charge in [-0.05, 0) is 44.0 Å². The number of nitrogens with one attached hydrogen (secondary N) is 1. The summed E-state index contributed by atoms with van der Waals surface area (Å²) in [6.07, 6.45) is 2.26. The first-order chi connectivity index (χ1) is 10.5. The van der Waals surface area contributed by atoms with E-state index in [1.54, 1.807) is 12.1 Å². The fourth-order valence-electron chi connectivity index (χ4n) is 2.83. The van der Waals surface area contributed by atoms with Gasteiger partial charge in [0.25, 0.3) is 5.91 Å². The van der Waals surface area contributed by atoms with Crippen LogP contribution in [0.2, 0.25) is 0 Å². The van der Waals surface area contributed by atoms with Gasteiger partial charge in [0.2, 0.25) is 10.0 Å². The molecule has 1 atom stereocenters. The fraction of sp³-hybridized carbons (Fsp3) is 0.533. The molecule has 3 rings (SSSR count). The lowest BCUT2D eigenvalue weighted by molar-refractivity contribution is -0.00835. The van der Waals surface area contributed by atoms with E-state index in [0.717, 1.165) is 12.8 Å². The van der Waals surface area contributed by atoms with Crippen LogP contribution in [0.25, 0.3) is 0 Å². The third kappa shape index (κ3) is 3.02. The molecule has 0 bridgehead atoms. The van der Waals surface area contributed by atoms with Crippen LogP contribution in [0.5, 0.6) is 0 Å². The second kappa shape index (κ2) is 5.98. The van der Waals surface area contributed by atoms with Gasteiger partial charge in [0.1, 0.15) is 0 Å². The number of hydrogen-bond acceptors (Lipinski definition) is 4. The summed E-state index contributed by atoms with van der Waals surface area (Å²) in [7, 11) is -2.19. The van der Waals surface area contributed by atoms with Gasteiger partial charge in [-0.2, -0.15) is 0 Å². The number of sulfonamides is 1. The number of carbonyl (C=O) groups excluding carboxylic acids is 1. The number of carbonyl (C=O) groups is 1. The van der Waals surface area contributed by atoms with Crippen LogP contribution in [0.3, 0.4) is 0 Å². The molecule has 1 unspecified atom stereocenters. The van der Waals surface area contributed by atoms with Crippen LogP contribution in [0.15, 0.2) is 29.2 Å². The summed E-state index contributed by atoms with van der Waals surface area (Å²) in [5, 5.41) is 0. The van der Waals surface area contributed by atoms with E-state index in [2.05, 4.69) is 4.72 Å². The molecule has 22 heavy (non-hydrogen) atoms. The van der Waals surface area contributed by atoms with Crippen molar-refractivity contribution < 1.29 is 17.9 Å². The molecule has 1 N–H and O–H groups in total. The van der Waals surface area contributed by atoms with Gasteiger partial charge in [-0.1, -0.05) is 6.07 Å². The van der Waals surface area contributed by atoms with Crippen LogP contribution in [-0.4, -0.2) is 52.1 Å². The molecule has 1 aliphatic carbocycles. The molecule has 2 fully saturated rings. The Kier molecular flexibility index (Phi) is 4.20. The number of amides is 1. The minimum atomic E-state index is -3.55. The molecular formula is C15H20N2O4S. The van der Waals surface area contributed by atoms with Crippen LogP contribution in [0.1, 0.15) is 23.2 Å². The molecule has 1 aromatic rings. The summed E-state index contributed by atoms with van der Waals surface area (Å²) < 4.78 is 31.5. The third-order valence-electron chi connectivity index (χ3n) is 4.25. The molecule has 1 amide bonds. The molecule has 1 aliphatic heterocycles. The van der Waals surface area contributed by atoms with Gasteiger partial charge < -0.3 is 9.64 Å². The predicted octanol–water partition coefficient (Wildman–Crippen LogP) is 0.846. The zero-order valence-electron chi connectivity index (χ0n) is 12.5. The molecule has 120 valence electrons. The number of rotatable bonds is 4. The van der Waals surface area contributed by atoms with Crippen molar-refractivity contribution in [1.29, 1.82) is 0 Å². The lowest BCUT2D eigenvalue weighted by Crippen LogP contribution is -2.49. The second-order valence-electron chi connectivity index (χ2n) is 5.71. The van der Waals surface area contributed by atoms with Gasteiger partial charge in [-0.3, -0.25) is 4.79 Å². The Hall–Kier alpha value is -1.44. The van der Waals surface area contributed by atoms with E-state index in [9.17, 15) is 13.2 Å². The largest absolute Gasteiger partial charge is 0.377 e. The van der Waals surface area contributed by atoms with Gasteiger partial charge in [0, 0.05) is 12.1 Å². The summed E-state index contributed by atoms with van der Waals surface area (Å²) in [4.78, 5) is 14.7. The number of morpholine rings is 1. The van der Waals surface area contributed by atoms with E-state index in [1.165, 1.54) is 19.2 Å². The number of nitrogens with zero attached hydrogens (tertiary/aromatic N) is 1. The third-order valence-corrected chi connectivity index (χ3v) is 5.66. The summed E-state index contributed by atoms with van der Waals surface area (Å²) in [5.74, 6) is 0.404. The van der Waals surface area contributed by atoms with Gasteiger partial charge in [-0.15, -0.1) is 0 Å². The van der Waals surface area contributed by atoms with Crippen LogP contribution in [0.4, 0.5) is 0 Å². The van der Waals surface area contributed by atoms with E-state index >= 15 is 0 Å². The maximum atomic E-state index is 12.8. The average Bonchev–Trinajstić information content (AvgIpc) is 3.39. The molecule has 1 saturated carbocycles. The van der Waals surface area contributed by atoms with Gasteiger partial charge >= 0.3 is 0 Å².